The van der Waals surface area contributed by atoms with Crippen molar-refractivity contribution in [1.29, 1.82) is 0 Å². The SMILES string of the molecule is CC(C)(C)OC(=O)N1CCNCC1(C(=O)O)C(C)(C)C. The minimum Gasteiger partial charge on any atom is -0.479 e. The van der Waals surface area contributed by atoms with Crippen molar-refractivity contribution in [3.63, 3.8) is 0 Å². The molecule has 1 heterocycles. The highest BCUT2D eigenvalue weighted by Gasteiger charge is 2.57. The maximum atomic E-state index is 12.4. The fourth-order valence-corrected chi connectivity index (χ4v) is 2.49. The first-order valence-electron chi connectivity index (χ1n) is 6.86. The van der Waals surface area contributed by atoms with Crippen LogP contribution in [0.25, 0.3) is 0 Å². The van der Waals surface area contributed by atoms with Gasteiger partial charge in [-0.2, -0.15) is 0 Å². The molecule has 0 aliphatic carbocycles. The molecule has 0 aromatic rings. The second kappa shape index (κ2) is 5.24. The summed E-state index contributed by atoms with van der Waals surface area (Å²) < 4.78 is 5.37. The van der Waals surface area contributed by atoms with Crippen LogP contribution in [0, 0.1) is 5.41 Å². The highest BCUT2D eigenvalue weighted by Crippen LogP contribution is 2.38. The van der Waals surface area contributed by atoms with Gasteiger partial charge in [0, 0.05) is 19.6 Å². The Morgan fingerprint density at radius 3 is 2.15 bits per heavy atom. The lowest BCUT2D eigenvalue weighted by atomic mass is 9.71. The Morgan fingerprint density at radius 1 is 1.20 bits per heavy atom. The van der Waals surface area contributed by atoms with Gasteiger partial charge in [-0.3, -0.25) is 4.90 Å². The fourth-order valence-electron chi connectivity index (χ4n) is 2.49. The smallest absolute Gasteiger partial charge is 0.411 e. The second-order valence-electron chi connectivity index (χ2n) is 7.22. The quantitative estimate of drug-likeness (QED) is 0.767. The molecule has 1 fully saturated rings. The Bertz CT molecular complexity index is 395. The molecule has 1 unspecified atom stereocenters. The Balaban J connectivity index is 3.19. The molecule has 1 atom stereocenters. The molecule has 116 valence electrons. The van der Waals surface area contributed by atoms with E-state index < -0.39 is 28.6 Å². The van der Waals surface area contributed by atoms with Gasteiger partial charge in [-0.25, -0.2) is 9.59 Å². The zero-order valence-corrected chi connectivity index (χ0v) is 13.2. The molecule has 0 radical (unpaired) electrons. The highest BCUT2D eigenvalue weighted by molar-refractivity contribution is 5.86. The fraction of sp³-hybridized carbons (Fsp3) is 0.857. The molecular weight excluding hydrogens is 260 g/mol. The topological polar surface area (TPSA) is 78.9 Å². The number of rotatable bonds is 1. The number of aliphatic carboxylic acids is 1. The number of carbonyl (C=O) groups excluding carboxylic acids is 1. The molecule has 1 saturated heterocycles. The summed E-state index contributed by atoms with van der Waals surface area (Å²) in [4.78, 5) is 25.7. The molecular formula is C14H26N2O4. The second-order valence-corrected chi connectivity index (χ2v) is 7.22. The van der Waals surface area contributed by atoms with Gasteiger partial charge in [-0.1, -0.05) is 20.8 Å². The first-order valence-corrected chi connectivity index (χ1v) is 6.86. The normalized spacial score (nSPS) is 24.4. The van der Waals surface area contributed by atoms with Gasteiger partial charge in [0.25, 0.3) is 0 Å². The van der Waals surface area contributed by atoms with Crippen LogP contribution >= 0.6 is 0 Å². The summed E-state index contributed by atoms with van der Waals surface area (Å²) >= 11 is 0. The molecule has 2 N–H and O–H groups in total. The summed E-state index contributed by atoms with van der Waals surface area (Å²) in [6.07, 6.45) is -0.573. The third-order valence-corrected chi connectivity index (χ3v) is 3.56. The van der Waals surface area contributed by atoms with Gasteiger partial charge in [0.1, 0.15) is 5.60 Å². The standard InChI is InChI=1S/C14H26N2O4/c1-12(2,3)14(10(17)18)9-15-7-8-16(14)11(19)20-13(4,5)6/h15H,7-9H2,1-6H3,(H,17,18). The number of nitrogens with one attached hydrogen (secondary N) is 1. The summed E-state index contributed by atoms with van der Waals surface area (Å²) in [5, 5.41) is 12.8. The Hall–Kier alpha value is -1.30. The number of amides is 1. The number of ether oxygens (including phenoxy) is 1. The summed E-state index contributed by atoms with van der Waals surface area (Å²) in [6, 6.07) is 0. The van der Waals surface area contributed by atoms with Gasteiger partial charge in [0.05, 0.1) is 0 Å². The molecule has 6 heteroatoms. The van der Waals surface area contributed by atoms with Crippen LogP contribution in [0.4, 0.5) is 4.79 Å². The Labute approximate surface area is 120 Å². The number of piperazine rings is 1. The largest absolute Gasteiger partial charge is 0.479 e. The monoisotopic (exact) mass is 286 g/mol. The van der Waals surface area contributed by atoms with Gasteiger partial charge in [0.15, 0.2) is 5.54 Å². The number of hydrogen-bond acceptors (Lipinski definition) is 4. The van der Waals surface area contributed by atoms with Gasteiger partial charge >= 0.3 is 12.1 Å². The van der Waals surface area contributed by atoms with E-state index in [9.17, 15) is 14.7 Å². The number of nitrogens with zero attached hydrogens (tertiary/aromatic N) is 1. The molecule has 0 saturated carbocycles. The van der Waals surface area contributed by atoms with E-state index in [4.69, 9.17) is 4.74 Å². The summed E-state index contributed by atoms with van der Waals surface area (Å²) in [6.45, 7) is 11.9. The van der Waals surface area contributed by atoms with Crippen molar-refractivity contribution in [2.24, 2.45) is 5.41 Å². The highest BCUT2D eigenvalue weighted by atomic mass is 16.6. The van der Waals surface area contributed by atoms with Crippen LogP contribution in [0.2, 0.25) is 0 Å². The third kappa shape index (κ3) is 3.06. The predicted octanol–water partition coefficient (Wildman–Crippen LogP) is 1.70. The molecule has 1 aliphatic rings. The van der Waals surface area contributed by atoms with Crippen LogP contribution in [0.3, 0.4) is 0 Å². The summed E-state index contributed by atoms with van der Waals surface area (Å²) in [5.41, 5.74) is -2.58. The van der Waals surface area contributed by atoms with Crippen LogP contribution < -0.4 is 5.32 Å². The molecule has 0 bridgehead atoms. The van der Waals surface area contributed by atoms with Crippen molar-refractivity contribution >= 4 is 12.1 Å². The number of carboxylic acid groups (broad SMARTS) is 1. The molecule has 1 aliphatic heterocycles. The van der Waals surface area contributed by atoms with E-state index in [0.717, 1.165) is 0 Å². The lowest BCUT2D eigenvalue weighted by Gasteiger charge is -2.51. The van der Waals surface area contributed by atoms with Crippen molar-refractivity contribution < 1.29 is 19.4 Å². The van der Waals surface area contributed by atoms with E-state index in [1.54, 1.807) is 20.8 Å². The maximum absolute atomic E-state index is 12.4. The van der Waals surface area contributed by atoms with Crippen LogP contribution in [0.5, 0.6) is 0 Å². The number of carbonyl (C=O) groups is 2. The molecule has 0 aromatic heterocycles. The maximum Gasteiger partial charge on any atom is 0.411 e. The summed E-state index contributed by atoms with van der Waals surface area (Å²) in [5.74, 6) is -1.01. The van der Waals surface area contributed by atoms with Crippen molar-refractivity contribution in [2.45, 2.75) is 52.7 Å². The van der Waals surface area contributed by atoms with Crippen molar-refractivity contribution in [3.8, 4) is 0 Å². The van der Waals surface area contributed by atoms with Crippen molar-refractivity contribution in [1.82, 2.24) is 10.2 Å². The predicted molar refractivity (Wildman–Crippen MR) is 75.6 cm³/mol. The molecule has 0 aromatic carbocycles. The average molecular weight is 286 g/mol. The van der Waals surface area contributed by atoms with Gasteiger partial charge < -0.3 is 15.2 Å². The van der Waals surface area contributed by atoms with Crippen molar-refractivity contribution in [2.75, 3.05) is 19.6 Å². The zero-order valence-electron chi connectivity index (χ0n) is 13.2. The van der Waals surface area contributed by atoms with Crippen LogP contribution in [0.15, 0.2) is 0 Å². The van der Waals surface area contributed by atoms with Gasteiger partial charge in [-0.15, -0.1) is 0 Å². The lowest BCUT2D eigenvalue weighted by Crippen LogP contribution is -2.72. The number of carboxylic acids is 1. The Kier molecular flexibility index (Phi) is 4.39. The van der Waals surface area contributed by atoms with Crippen LogP contribution in [-0.4, -0.2) is 52.8 Å². The van der Waals surface area contributed by atoms with Gasteiger partial charge in [0.2, 0.25) is 0 Å². The average Bonchev–Trinajstić information content (AvgIpc) is 2.24. The summed E-state index contributed by atoms with van der Waals surface area (Å²) in [7, 11) is 0. The van der Waals surface area contributed by atoms with Crippen LogP contribution in [-0.2, 0) is 9.53 Å². The van der Waals surface area contributed by atoms with E-state index in [-0.39, 0.29) is 6.54 Å². The van der Waals surface area contributed by atoms with E-state index in [1.165, 1.54) is 4.90 Å². The number of hydrogen-bond donors (Lipinski definition) is 2. The minimum absolute atomic E-state index is 0.213. The van der Waals surface area contributed by atoms with Crippen molar-refractivity contribution in [3.05, 3.63) is 0 Å². The van der Waals surface area contributed by atoms with E-state index >= 15 is 0 Å². The first-order chi connectivity index (χ1) is 8.92. The van der Waals surface area contributed by atoms with E-state index in [0.29, 0.717) is 13.1 Å². The molecule has 1 rings (SSSR count). The van der Waals surface area contributed by atoms with Crippen LogP contribution in [0.1, 0.15) is 41.5 Å². The van der Waals surface area contributed by atoms with E-state index in [1.807, 2.05) is 20.8 Å². The molecule has 20 heavy (non-hydrogen) atoms. The molecule has 1 amide bonds. The van der Waals surface area contributed by atoms with E-state index in [2.05, 4.69) is 5.32 Å². The first kappa shape index (κ1) is 16.8. The lowest BCUT2D eigenvalue weighted by molar-refractivity contribution is -0.161. The minimum atomic E-state index is -1.31. The third-order valence-electron chi connectivity index (χ3n) is 3.56. The molecule has 6 nitrogen and oxygen atoms in total. The Morgan fingerprint density at radius 2 is 1.75 bits per heavy atom. The van der Waals surface area contributed by atoms with Gasteiger partial charge in [-0.05, 0) is 26.2 Å². The molecule has 0 spiro atoms. The zero-order chi connectivity index (χ0) is 15.8.